The summed E-state index contributed by atoms with van der Waals surface area (Å²) in [6, 6.07) is 6.84. The summed E-state index contributed by atoms with van der Waals surface area (Å²) in [6.45, 7) is 11.2. The molecular weight excluding hydrogens is 358 g/mol. The molecule has 29 heavy (non-hydrogen) atoms. The van der Waals surface area contributed by atoms with Crippen LogP contribution in [-0.4, -0.2) is 44.4 Å². The fourth-order valence-electron chi connectivity index (χ4n) is 7.23. The van der Waals surface area contributed by atoms with E-state index in [4.69, 9.17) is 9.47 Å². The smallest absolute Gasteiger partial charge is 0.119 e. The number of likely N-dealkylation sites (N-methyl/N-ethyl adjacent to an activating group) is 1. The first-order valence-corrected chi connectivity index (χ1v) is 12.2. The van der Waals surface area contributed by atoms with Crippen molar-refractivity contribution in [1.29, 1.82) is 0 Å². The van der Waals surface area contributed by atoms with Gasteiger partial charge in [-0.3, -0.25) is 0 Å². The van der Waals surface area contributed by atoms with E-state index < -0.39 is 0 Å². The standard InChI is InChI=1S/C26H41NO2/c1-5-26-15-14-22-21-11-9-20(28-4)18-19(21)8-10-23(22)24(26)12-13-25(26)29-17-16-27(6-2)7-3/h9,11,18,22-25H,5-8,10,12-17H2,1-4H3/t22-,23-,24+,25+,26+/m1/s1. The molecule has 0 spiro atoms. The lowest BCUT2D eigenvalue weighted by Crippen LogP contribution is -2.46. The molecule has 0 saturated heterocycles. The second-order valence-corrected chi connectivity index (χ2v) is 9.57. The van der Waals surface area contributed by atoms with E-state index in [1.807, 2.05) is 0 Å². The Morgan fingerprint density at radius 1 is 1.07 bits per heavy atom. The normalized spacial score (nSPS) is 33.3. The van der Waals surface area contributed by atoms with Crippen LogP contribution in [0.25, 0.3) is 0 Å². The lowest BCUT2D eigenvalue weighted by molar-refractivity contribution is -0.0799. The zero-order valence-corrected chi connectivity index (χ0v) is 19.1. The average molecular weight is 400 g/mol. The SMILES string of the molecule is CCN(CC)CCO[C@H]1CC[C@H]2[C@@H]3CCc4cc(OC)ccc4[C@H]3CC[C@]12CC. The molecule has 0 N–H and O–H groups in total. The van der Waals surface area contributed by atoms with Gasteiger partial charge in [0.2, 0.25) is 0 Å². The lowest BCUT2D eigenvalue weighted by Gasteiger charge is -2.52. The average Bonchev–Trinajstić information content (AvgIpc) is 3.15. The molecule has 162 valence electrons. The third-order valence-corrected chi connectivity index (χ3v) is 8.85. The third-order valence-electron chi connectivity index (χ3n) is 8.85. The summed E-state index contributed by atoms with van der Waals surface area (Å²) in [5.41, 5.74) is 3.59. The fourth-order valence-corrected chi connectivity index (χ4v) is 7.23. The topological polar surface area (TPSA) is 21.7 Å². The zero-order valence-electron chi connectivity index (χ0n) is 19.1. The van der Waals surface area contributed by atoms with Crippen molar-refractivity contribution in [2.24, 2.45) is 17.3 Å². The Labute approximate surface area is 178 Å². The highest BCUT2D eigenvalue weighted by Crippen LogP contribution is 2.63. The van der Waals surface area contributed by atoms with Gasteiger partial charge in [-0.05, 0) is 104 Å². The first-order chi connectivity index (χ1) is 14.2. The van der Waals surface area contributed by atoms with Crippen molar-refractivity contribution in [3.05, 3.63) is 29.3 Å². The molecule has 0 heterocycles. The van der Waals surface area contributed by atoms with Crippen LogP contribution in [0, 0.1) is 17.3 Å². The van der Waals surface area contributed by atoms with Gasteiger partial charge in [0.15, 0.2) is 0 Å². The quantitative estimate of drug-likeness (QED) is 0.562. The molecule has 0 aromatic heterocycles. The second-order valence-electron chi connectivity index (χ2n) is 9.57. The van der Waals surface area contributed by atoms with Crippen LogP contribution in [0.15, 0.2) is 18.2 Å². The van der Waals surface area contributed by atoms with Gasteiger partial charge < -0.3 is 14.4 Å². The number of fused-ring (bicyclic) bond motifs is 5. The van der Waals surface area contributed by atoms with Gasteiger partial charge in [-0.1, -0.05) is 26.8 Å². The van der Waals surface area contributed by atoms with Crippen LogP contribution in [0.4, 0.5) is 0 Å². The van der Waals surface area contributed by atoms with Crippen LogP contribution in [0.2, 0.25) is 0 Å². The molecule has 1 aromatic rings. The van der Waals surface area contributed by atoms with Crippen molar-refractivity contribution in [2.75, 3.05) is 33.4 Å². The first kappa shape index (κ1) is 21.2. The molecule has 2 fully saturated rings. The van der Waals surface area contributed by atoms with Crippen molar-refractivity contribution in [1.82, 2.24) is 4.90 Å². The molecule has 4 rings (SSSR count). The molecule has 0 radical (unpaired) electrons. The highest BCUT2D eigenvalue weighted by atomic mass is 16.5. The van der Waals surface area contributed by atoms with E-state index in [0.717, 1.165) is 49.7 Å². The minimum absolute atomic E-state index is 0.425. The van der Waals surface area contributed by atoms with Crippen LogP contribution in [-0.2, 0) is 11.2 Å². The van der Waals surface area contributed by atoms with Gasteiger partial charge in [-0.15, -0.1) is 0 Å². The largest absolute Gasteiger partial charge is 0.497 e. The minimum atomic E-state index is 0.425. The molecule has 5 atom stereocenters. The molecule has 2 saturated carbocycles. The summed E-state index contributed by atoms with van der Waals surface area (Å²) in [6.07, 6.45) is 9.66. The van der Waals surface area contributed by atoms with E-state index in [9.17, 15) is 0 Å². The van der Waals surface area contributed by atoms with Gasteiger partial charge in [0, 0.05) is 6.54 Å². The zero-order chi connectivity index (χ0) is 20.4. The van der Waals surface area contributed by atoms with Crippen molar-refractivity contribution in [2.45, 2.75) is 77.7 Å². The molecule has 0 amide bonds. The van der Waals surface area contributed by atoms with Gasteiger partial charge in [0.05, 0.1) is 19.8 Å². The van der Waals surface area contributed by atoms with Crippen LogP contribution in [0.3, 0.4) is 0 Å². The van der Waals surface area contributed by atoms with Crippen LogP contribution < -0.4 is 4.74 Å². The fraction of sp³-hybridized carbons (Fsp3) is 0.769. The summed E-state index contributed by atoms with van der Waals surface area (Å²) < 4.78 is 12.1. The van der Waals surface area contributed by atoms with Gasteiger partial charge in [0.1, 0.15) is 5.75 Å². The molecule has 1 aromatic carbocycles. The predicted molar refractivity (Wildman–Crippen MR) is 120 cm³/mol. The maximum Gasteiger partial charge on any atom is 0.119 e. The molecule has 3 aliphatic rings. The number of aryl methyl sites for hydroxylation is 1. The summed E-state index contributed by atoms with van der Waals surface area (Å²) in [5.74, 6) is 3.47. The number of hydrogen-bond acceptors (Lipinski definition) is 3. The summed E-state index contributed by atoms with van der Waals surface area (Å²) in [4.78, 5) is 2.48. The predicted octanol–water partition coefficient (Wildman–Crippen LogP) is 5.67. The Kier molecular flexibility index (Phi) is 6.56. The van der Waals surface area contributed by atoms with Crippen molar-refractivity contribution in [3.8, 4) is 5.75 Å². The van der Waals surface area contributed by atoms with Crippen molar-refractivity contribution in [3.63, 3.8) is 0 Å². The monoisotopic (exact) mass is 399 g/mol. The molecule has 0 bridgehead atoms. The summed E-state index contributed by atoms with van der Waals surface area (Å²) >= 11 is 0. The number of benzene rings is 1. The molecule has 3 aliphatic carbocycles. The van der Waals surface area contributed by atoms with Gasteiger partial charge in [-0.25, -0.2) is 0 Å². The highest BCUT2D eigenvalue weighted by molar-refractivity contribution is 5.40. The van der Waals surface area contributed by atoms with E-state index >= 15 is 0 Å². The second kappa shape index (κ2) is 8.98. The molecule has 0 aliphatic heterocycles. The van der Waals surface area contributed by atoms with E-state index in [0.29, 0.717) is 11.5 Å². The Bertz CT molecular complexity index is 685. The first-order valence-electron chi connectivity index (χ1n) is 12.2. The number of rotatable bonds is 8. The maximum absolute atomic E-state index is 6.62. The molecular formula is C26H41NO2. The van der Waals surface area contributed by atoms with E-state index in [2.05, 4.69) is 43.9 Å². The van der Waals surface area contributed by atoms with Gasteiger partial charge in [-0.2, -0.15) is 0 Å². The molecule has 3 nitrogen and oxygen atoms in total. The van der Waals surface area contributed by atoms with Gasteiger partial charge in [0.25, 0.3) is 0 Å². The van der Waals surface area contributed by atoms with Crippen LogP contribution >= 0.6 is 0 Å². The Morgan fingerprint density at radius 2 is 1.90 bits per heavy atom. The number of nitrogens with zero attached hydrogens (tertiary/aromatic N) is 1. The van der Waals surface area contributed by atoms with Crippen molar-refractivity contribution < 1.29 is 9.47 Å². The molecule has 0 unspecified atom stereocenters. The van der Waals surface area contributed by atoms with E-state index in [1.165, 1.54) is 44.9 Å². The molecule has 3 heteroatoms. The van der Waals surface area contributed by atoms with Crippen molar-refractivity contribution >= 4 is 0 Å². The van der Waals surface area contributed by atoms with Gasteiger partial charge >= 0.3 is 0 Å². The van der Waals surface area contributed by atoms with Crippen LogP contribution in [0.1, 0.15) is 76.3 Å². The third kappa shape index (κ3) is 3.74. The number of methoxy groups -OCH3 is 1. The van der Waals surface area contributed by atoms with E-state index in [1.54, 1.807) is 18.2 Å². The summed E-state index contributed by atoms with van der Waals surface area (Å²) in [5, 5.41) is 0. The number of hydrogen-bond donors (Lipinski definition) is 0. The summed E-state index contributed by atoms with van der Waals surface area (Å²) in [7, 11) is 1.78. The maximum atomic E-state index is 6.62. The Balaban J connectivity index is 1.48. The highest BCUT2D eigenvalue weighted by Gasteiger charge is 2.56. The lowest BCUT2D eigenvalue weighted by atomic mass is 9.54. The van der Waals surface area contributed by atoms with Crippen LogP contribution in [0.5, 0.6) is 5.75 Å². The number of ether oxygens (including phenoxy) is 2. The minimum Gasteiger partial charge on any atom is -0.497 e. The Morgan fingerprint density at radius 3 is 2.62 bits per heavy atom. The van der Waals surface area contributed by atoms with E-state index in [-0.39, 0.29) is 0 Å². The Hall–Kier alpha value is -1.06.